The highest BCUT2D eigenvalue weighted by Gasteiger charge is 1.91. The normalized spacial score (nSPS) is 10.7. The van der Waals surface area contributed by atoms with Gasteiger partial charge in [-0.05, 0) is 19.7 Å². The topological polar surface area (TPSA) is 15.3 Å². The molecule has 2 nitrogen and oxygen atoms in total. The maximum absolute atomic E-state index is 3.27. The summed E-state index contributed by atoms with van der Waals surface area (Å²) in [6, 6.07) is 10.3. The number of rotatable bonds is 5. The van der Waals surface area contributed by atoms with E-state index < -0.39 is 0 Å². The molecule has 0 unspecified atom stereocenters. The average molecular weight is 177 g/mol. The van der Waals surface area contributed by atoms with E-state index >= 15 is 0 Å². The van der Waals surface area contributed by atoms with Crippen LogP contribution in [0.5, 0.6) is 0 Å². The van der Waals surface area contributed by atoms with Gasteiger partial charge in [-0.25, -0.2) is 0 Å². The van der Waals surface area contributed by atoms with Crippen molar-refractivity contribution in [2.75, 3.05) is 27.2 Å². The van der Waals surface area contributed by atoms with Crippen molar-refractivity contribution in [3.63, 3.8) is 0 Å². The maximum atomic E-state index is 3.27. The smallest absolute Gasteiger partial charge is 0.0518 e. The van der Waals surface area contributed by atoms with Gasteiger partial charge in [-0.1, -0.05) is 30.3 Å². The van der Waals surface area contributed by atoms with Gasteiger partial charge < -0.3 is 10.2 Å². The molecular weight excluding hydrogens is 160 g/mol. The molecule has 1 rings (SSSR count). The van der Waals surface area contributed by atoms with Crippen LogP contribution in [0.2, 0.25) is 0 Å². The van der Waals surface area contributed by atoms with Crippen LogP contribution in [0.4, 0.5) is 0 Å². The zero-order valence-electron chi connectivity index (χ0n) is 8.33. The third kappa shape index (κ3) is 4.65. The SMILES string of the molecule is CN(C)CCN[CH]c1ccccc1. The van der Waals surface area contributed by atoms with Crippen molar-refractivity contribution in [3.05, 3.63) is 42.4 Å². The van der Waals surface area contributed by atoms with Crippen molar-refractivity contribution in [2.45, 2.75) is 0 Å². The standard InChI is InChI=1S/C11H17N2/c1-13(2)9-8-12-10-11-6-4-3-5-7-11/h3-7,10,12H,8-9H2,1-2H3. The Hall–Kier alpha value is -0.860. The van der Waals surface area contributed by atoms with E-state index in [0.29, 0.717) is 0 Å². The van der Waals surface area contributed by atoms with Crippen molar-refractivity contribution in [3.8, 4) is 0 Å². The summed E-state index contributed by atoms with van der Waals surface area (Å²) in [5, 5.41) is 3.27. The van der Waals surface area contributed by atoms with E-state index in [2.05, 4.69) is 36.4 Å². The zero-order chi connectivity index (χ0) is 9.52. The number of likely N-dealkylation sites (N-methyl/N-ethyl adjacent to an activating group) is 1. The number of nitrogens with one attached hydrogen (secondary N) is 1. The van der Waals surface area contributed by atoms with E-state index in [-0.39, 0.29) is 0 Å². The van der Waals surface area contributed by atoms with Crippen molar-refractivity contribution < 1.29 is 0 Å². The van der Waals surface area contributed by atoms with Crippen molar-refractivity contribution in [2.24, 2.45) is 0 Å². The Morgan fingerprint density at radius 3 is 2.54 bits per heavy atom. The molecule has 0 aromatic heterocycles. The minimum absolute atomic E-state index is 0.988. The molecule has 2 heteroatoms. The molecule has 0 fully saturated rings. The van der Waals surface area contributed by atoms with Gasteiger partial charge in [-0.3, -0.25) is 0 Å². The van der Waals surface area contributed by atoms with Crippen LogP contribution in [0.1, 0.15) is 5.56 Å². The Bertz CT molecular complexity index is 219. The van der Waals surface area contributed by atoms with Crippen LogP contribution in [0, 0.1) is 6.54 Å². The van der Waals surface area contributed by atoms with Crippen LogP contribution in [-0.2, 0) is 0 Å². The Morgan fingerprint density at radius 1 is 1.23 bits per heavy atom. The van der Waals surface area contributed by atoms with Crippen molar-refractivity contribution in [1.82, 2.24) is 10.2 Å². The average Bonchev–Trinajstić information content (AvgIpc) is 2.14. The molecule has 0 saturated carbocycles. The van der Waals surface area contributed by atoms with E-state index in [9.17, 15) is 0 Å². The molecule has 71 valence electrons. The summed E-state index contributed by atoms with van der Waals surface area (Å²) in [5.74, 6) is 0. The first-order valence-corrected chi connectivity index (χ1v) is 4.55. The molecule has 0 amide bonds. The molecule has 0 aliphatic rings. The maximum Gasteiger partial charge on any atom is 0.0518 e. The summed E-state index contributed by atoms with van der Waals surface area (Å²) < 4.78 is 0. The third-order valence-electron chi connectivity index (χ3n) is 1.77. The van der Waals surface area contributed by atoms with E-state index in [0.717, 1.165) is 13.1 Å². The molecular formula is C11H17N2. The summed E-state index contributed by atoms with van der Waals surface area (Å²) in [7, 11) is 4.15. The predicted molar refractivity (Wildman–Crippen MR) is 56.4 cm³/mol. The van der Waals surface area contributed by atoms with E-state index in [1.165, 1.54) is 5.56 Å². The Balaban J connectivity index is 2.13. The second kappa shape index (κ2) is 5.73. The van der Waals surface area contributed by atoms with Gasteiger partial charge >= 0.3 is 0 Å². The largest absolute Gasteiger partial charge is 0.308 e. The minimum atomic E-state index is 0.988. The molecule has 1 aromatic rings. The van der Waals surface area contributed by atoms with E-state index in [4.69, 9.17) is 0 Å². The Labute approximate surface area is 80.6 Å². The number of benzene rings is 1. The molecule has 1 aromatic carbocycles. The van der Waals surface area contributed by atoms with E-state index in [1.807, 2.05) is 24.7 Å². The van der Waals surface area contributed by atoms with Gasteiger partial charge in [0.25, 0.3) is 0 Å². The van der Waals surface area contributed by atoms with Gasteiger partial charge in [-0.15, -0.1) is 0 Å². The molecule has 0 spiro atoms. The van der Waals surface area contributed by atoms with Crippen LogP contribution < -0.4 is 5.32 Å². The fourth-order valence-corrected chi connectivity index (χ4v) is 1.03. The monoisotopic (exact) mass is 177 g/mol. The number of hydrogen-bond acceptors (Lipinski definition) is 2. The lowest BCUT2D eigenvalue weighted by Crippen LogP contribution is -2.25. The zero-order valence-corrected chi connectivity index (χ0v) is 8.33. The predicted octanol–water partition coefficient (Wildman–Crippen LogP) is 1.35. The van der Waals surface area contributed by atoms with Gasteiger partial charge in [-0.2, -0.15) is 0 Å². The second-order valence-electron chi connectivity index (χ2n) is 3.31. The van der Waals surface area contributed by atoms with Gasteiger partial charge in [0.15, 0.2) is 0 Å². The molecule has 0 aliphatic heterocycles. The van der Waals surface area contributed by atoms with Crippen LogP contribution in [0.25, 0.3) is 0 Å². The van der Waals surface area contributed by atoms with Gasteiger partial charge in [0, 0.05) is 13.1 Å². The molecule has 0 heterocycles. The van der Waals surface area contributed by atoms with E-state index in [1.54, 1.807) is 0 Å². The highest BCUT2D eigenvalue weighted by Crippen LogP contribution is 1.98. The molecule has 1 N–H and O–H groups in total. The quantitative estimate of drug-likeness (QED) is 0.683. The van der Waals surface area contributed by atoms with Gasteiger partial charge in [0.05, 0.1) is 6.54 Å². The number of hydrogen-bond donors (Lipinski definition) is 1. The molecule has 0 saturated heterocycles. The lowest BCUT2D eigenvalue weighted by atomic mass is 10.2. The first-order chi connectivity index (χ1) is 6.29. The fraction of sp³-hybridized carbons (Fsp3) is 0.364. The first kappa shape index (κ1) is 10.2. The van der Waals surface area contributed by atoms with Crippen LogP contribution in [0.15, 0.2) is 30.3 Å². The summed E-state index contributed by atoms with van der Waals surface area (Å²) in [6.45, 7) is 4.09. The number of nitrogens with zero attached hydrogens (tertiary/aromatic N) is 1. The lowest BCUT2D eigenvalue weighted by molar-refractivity contribution is 0.408. The van der Waals surface area contributed by atoms with Crippen molar-refractivity contribution >= 4 is 0 Å². The second-order valence-corrected chi connectivity index (χ2v) is 3.31. The van der Waals surface area contributed by atoms with Crippen LogP contribution in [0.3, 0.4) is 0 Å². The molecule has 0 aliphatic carbocycles. The molecule has 0 atom stereocenters. The summed E-state index contributed by atoms with van der Waals surface area (Å²) in [4.78, 5) is 2.16. The highest BCUT2D eigenvalue weighted by atomic mass is 15.1. The summed E-state index contributed by atoms with van der Waals surface area (Å²) in [5.41, 5.74) is 1.22. The highest BCUT2D eigenvalue weighted by molar-refractivity contribution is 5.21. The van der Waals surface area contributed by atoms with Crippen molar-refractivity contribution in [1.29, 1.82) is 0 Å². The molecule has 13 heavy (non-hydrogen) atoms. The van der Waals surface area contributed by atoms with Crippen LogP contribution >= 0.6 is 0 Å². The molecule has 1 radical (unpaired) electrons. The Kier molecular flexibility index (Phi) is 4.50. The first-order valence-electron chi connectivity index (χ1n) is 4.55. The van der Waals surface area contributed by atoms with Gasteiger partial charge in [0.2, 0.25) is 0 Å². The minimum Gasteiger partial charge on any atom is -0.308 e. The van der Waals surface area contributed by atoms with Crippen LogP contribution in [-0.4, -0.2) is 32.1 Å². The Morgan fingerprint density at radius 2 is 1.92 bits per heavy atom. The molecule has 0 bridgehead atoms. The lowest BCUT2D eigenvalue weighted by Gasteiger charge is -2.09. The summed E-state index contributed by atoms with van der Waals surface area (Å²) in [6.07, 6.45) is 0. The van der Waals surface area contributed by atoms with Gasteiger partial charge in [0.1, 0.15) is 0 Å². The summed E-state index contributed by atoms with van der Waals surface area (Å²) >= 11 is 0. The fourth-order valence-electron chi connectivity index (χ4n) is 1.03. The third-order valence-corrected chi connectivity index (χ3v) is 1.77.